The molecule has 26 heavy (non-hydrogen) atoms. The average Bonchev–Trinajstić information content (AvgIpc) is 3.03. The van der Waals surface area contributed by atoms with Crippen molar-refractivity contribution in [3.63, 3.8) is 0 Å². The topological polar surface area (TPSA) is 36.9 Å². The number of benzene rings is 2. The number of fused-ring (bicyclic) bond motifs is 2. The highest BCUT2D eigenvalue weighted by molar-refractivity contribution is 8.02. The maximum atomic E-state index is 5.58. The molecule has 0 N–H and O–H groups in total. The van der Waals surface area contributed by atoms with Gasteiger partial charge in [0.1, 0.15) is 0 Å². The molecule has 0 amide bonds. The second kappa shape index (κ2) is 7.00. The van der Waals surface area contributed by atoms with Crippen LogP contribution in [-0.4, -0.2) is 26.8 Å². The van der Waals surface area contributed by atoms with E-state index in [-0.39, 0.29) is 6.79 Å². The Morgan fingerprint density at radius 1 is 1.12 bits per heavy atom. The lowest BCUT2D eigenvalue weighted by Gasteiger charge is -2.10. The highest BCUT2D eigenvalue weighted by atomic mass is 32.2. The molecule has 2 aliphatic heterocycles. The molecule has 0 bridgehead atoms. The van der Waals surface area contributed by atoms with E-state index in [1.807, 2.05) is 23.9 Å². The molecule has 5 heteroatoms. The van der Waals surface area contributed by atoms with Crippen LogP contribution in [0.4, 0.5) is 0 Å². The number of hydrogen-bond donors (Lipinski definition) is 0. The third kappa shape index (κ3) is 2.92. The predicted molar refractivity (Wildman–Crippen MR) is 105 cm³/mol. The standard InChI is InChI=1S/C21H20O4S/c1-13-14(4-5-18(22-2)21(13)23-3)8-16-11-26-7-6-15-9-19-20(10-17(15)16)25-12-24-19/h4-5,8-11H,1,6-7,12H2,2-3H3/b14-8-. The van der Waals surface area contributed by atoms with Crippen molar-refractivity contribution in [3.05, 3.63) is 51.2 Å². The molecule has 0 radical (unpaired) electrons. The Kier molecular flexibility index (Phi) is 4.55. The van der Waals surface area contributed by atoms with Gasteiger partial charge >= 0.3 is 0 Å². The zero-order valence-electron chi connectivity index (χ0n) is 14.8. The Morgan fingerprint density at radius 3 is 2.69 bits per heavy atom. The Balaban J connectivity index is 1.86. The number of hydrogen-bond acceptors (Lipinski definition) is 5. The fraction of sp³-hybridized carbons (Fsp3) is 0.238. The van der Waals surface area contributed by atoms with Crippen molar-refractivity contribution >= 4 is 30.0 Å². The van der Waals surface area contributed by atoms with Gasteiger partial charge < -0.3 is 18.9 Å². The summed E-state index contributed by atoms with van der Waals surface area (Å²) >= 11 is 1.81. The minimum absolute atomic E-state index is 0.286. The van der Waals surface area contributed by atoms with Crippen molar-refractivity contribution < 1.29 is 18.9 Å². The van der Waals surface area contributed by atoms with Crippen LogP contribution in [0.2, 0.25) is 0 Å². The van der Waals surface area contributed by atoms with Gasteiger partial charge in [0, 0.05) is 11.0 Å². The molecule has 0 atom stereocenters. The Hall–Kier alpha value is -2.53. The van der Waals surface area contributed by atoms with Crippen LogP contribution in [0.1, 0.15) is 11.1 Å². The van der Waals surface area contributed by atoms with Crippen LogP contribution in [0.5, 0.6) is 23.0 Å². The lowest BCUT2D eigenvalue weighted by atomic mass is 9.97. The molecule has 4 rings (SSSR count). The molecule has 0 aliphatic carbocycles. The number of aryl methyl sites for hydroxylation is 1. The van der Waals surface area contributed by atoms with E-state index < -0.39 is 0 Å². The summed E-state index contributed by atoms with van der Waals surface area (Å²) < 4.78 is 22.0. The molecule has 2 aliphatic rings. The quantitative estimate of drug-likeness (QED) is 0.833. The third-order valence-electron chi connectivity index (χ3n) is 4.60. The molecule has 2 aromatic rings. The largest absolute Gasteiger partial charge is 0.493 e. The molecule has 0 aromatic heterocycles. The van der Waals surface area contributed by atoms with E-state index in [1.165, 1.54) is 11.1 Å². The van der Waals surface area contributed by atoms with E-state index in [0.717, 1.165) is 39.7 Å². The Labute approximate surface area is 156 Å². The molecule has 2 heterocycles. The predicted octanol–water partition coefficient (Wildman–Crippen LogP) is 2.95. The molecular weight excluding hydrogens is 348 g/mol. The SMILES string of the molecule is C=c1c(OC)c(OC)cc/c1=C/C1=CSCCc2cc3c(cc21)OCO3. The summed E-state index contributed by atoms with van der Waals surface area (Å²) in [7, 11) is 3.26. The number of methoxy groups -OCH3 is 2. The van der Waals surface area contributed by atoms with E-state index in [9.17, 15) is 0 Å². The first-order chi connectivity index (χ1) is 12.7. The van der Waals surface area contributed by atoms with Crippen molar-refractivity contribution in [2.24, 2.45) is 0 Å². The van der Waals surface area contributed by atoms with Crippen LogP contribution >= 0.6 is 11.8 Å². The van der Waals surface area contributed by atoms with Gasteiger partial charge in [0.05, 0.1) is 14.2 Å². The van der Waals surface area contributed by atoms with Crippen LogP contribution in [0.15, 0.2) is 29.7 Å². The molecule has 0 spiro atoms. The second-order valence-electron chi connectivity index (χ2n) is 6.07. The van der Waals surface area contributed by atoms with Crippen LogP contribution in [0.25, 0.3) is 18.2 Å². The fourth-order valence-electron chi connectivity index (χ4n) is 3.26. The molecule has 0 fully saturated rings. The second-order valence-corrected chi connectivity index (χ2v) is 7.05. The summed E-state index contributed by atoms with van der Waals surface area (Å²) in [5.41, 5.74) is 3.58. The molecule has 4 nitrogen and oxygen atoms in total. The molecule has 134 valence electrons. The first-order valence-corrected chi connectivity index (χ1v) is 9.42. The van der Waals surface area contributed by atoms with Gasteiger partial charge in [-0.25, -0.2) is 0 Å². The molecule has 0 unspecified atom stereocenters. The van der Waals surface area contributed by atoms with Crippen molar-refractivity contribution in [2.45, 2.75) is 6.42 Å². The summed E-state index contributed by atoms with van der Waals surface area (Å²) in [5, 5.41) is 4.01. The van der Waals surface area contributed by atoms with E-state index in [4.69, 9.17) is 18.9 Å². The number of allylic oxidation sites excluding steroid dienone is 1. The molecule has 0 saturated carbocycles. The minimum Gasteiger partial charge on any atom is -0.493 e. The first kappa shape index (κ1) is 16.9. The smallest absolute Gasteiger partial charge is 0.231 e. The monoisotopic (exact) mass is 368 g/mol. The lowest BCUT2D eigenvalue weighted by molar-refractivity contribution is 0.174. The normalized spacial score (nSPS) is 15.9. The molecule has 0 saturated heterocycles. The average molecular weight is 368 g/mol. The van der Waals surface area contributed by atoms with Gasteiger partial charge in [0.2, 0.25) is 6.79 Å². The van der Waals surface area contributed by atoms with E-state index >= 15 is 0 Å². The first-order valence-electron chi connectivity index (χ1n) is 8.37. The summed E-state index contributed by atoms with van der Waals surface area (Å²) in [6.45, 7) is 4.47. The van der Waals surface area contributed by atoms with Crippen LogP contribution in [0.3, 0.4) is 0 Å². The van der Waals surface area contributed by atoms with E-state index in [0.29, 0.717) is 11.5 Å². The van der Waals surface area contributed by atoms with Crippen LogP contribution < -0.4 is 29.4 Å². The Morgan fingerprint density at radius 2 is 1.92 bits per heavy atom. The van der Waals surface area contributed by atoms with E-state index in [1.54, 1.807) is 14.2 Å². The van der Waals surface area contributed by atoms with E-state index in [2.05, 4.69) is 30.2 Å². The lowest BCUT2D eigenvalue weighted by Crippen LogP contribution is -2.25. The van der Waals surface area contributed by atoms with Gasteiger partial charge in [-0.15, -0.1) is 11.8 Å². The number of rotatable bonds is 3. The third-order valence-corrected chi connectivity index (χ3v) is 5.47. The summed E-state index contributed by atoms with van der Waals surface area (Å²) in [5.74, 6) is 4.01. The number of thioether (sulfide) groups is 1. The zero-order valence-corrected chi connectivity index (χ0v) is 15.7. The molecular formula is C21H20O4S. The van der Waals surface area contributed by atoms with Crippen molar-refractivity contribution in [2.75, 3.05) is 26.8 Å². The molecule has 2 aromatic carbocycles. The van der Waals surface area contributed by atoms with Gasteiger partial charge in [0.15, 0.2) is 23.0 Å². The fourth-order valence-corrected chi connectivity index (χ4v) is 4.09. The summed E-state index contributed by atoms with van der Waals surface area (Å²) in [6.07, 6.45) is 3.14. The zero-order chi connectivity index (χ0) is 18.1. The summed E-state index contributed by atoms with van der Waals surface area (Å²) in [4.78, 5) is 0. The maximum absolute atomic E-state index is 5.58. The van der Waals surface area contributed by atoms with Gasteiger partial charge in [-0.05, 0) is 58.0 Å². The van der Waals surface area contributed by atoms with Crippen LogP contribution in [-0.2, 0) is 6.42 Å². The highest BCUT2D eigenvalue weighted by Crippen LogP contribution is 2.39. The van der Waals surface area contributed by atoms with Gasteiger partial charge in [-0.1, -0.05) is 12.6 Å². The van der Waals surface area contributed by atoms with Crippen molar-refractivity contribution in [1.82, 2.24) is 0 Å². The van der Waals surface area contributed by atoms with Crippen molar-refractivity contribution in [3.8, 4) is 23.0 Å². The Bertz CT molecular complexity index is 994. The van der Waals surface area contributed by atoms with Crippen molar-refractivity contribution in [1.29, 1.82) is 0 Å². The maximum Gasteiger partial charge on any atom is 0.231 e. The van der Waals surface area contributed by atoms with Gasteiger partial charge in [-0.2, -0.15) is 0 Å². The van der Waals surface area contributed by atoms with Gasteiger partial charge in [0.25, 0.3) is 0 Å². The minimum atomic E-state index is 0.286. The van der Waals surface area contributed by atoms with Gasteiger partial charge in [-0.3, -0.25) is 0 Å². The number of ether oxygens (including phenoxy) is 4. The summed E-state index contributed by atoms with van der Waals surface area (Å²) in [6, 6.07) is 8.09. The van der Waals surface area contributed by atoms with Crippen LogP contribution in [0, 0.1) is 0 Å². The highest BCUT2D eigenvalue weighted by Gasteiger charge is 2.19.